The van der Waals surface area contributed by atoms with E-state index in [1.54, 1.807) is 6.92 Å². The minimum atomic E-state index is -0.920. The fourth-order valence-corrected chi connectivity index (χ4v) is 5.61. The summed E-state index contributed by atoms with van der Waals surface area (Å²) in [5.41, 5.74) is 3.91. The highest BCUT2D eigenvalue weighted by atomic mass is 16.5. The summed E-state index contributed by atoms with van der Waals surface area (Å²) in [6, 6.07) is 15.8. The summed E-state index contributed by atoms with van der Waals surface area (Å²) in [7, 11) is 0. The van der Waals surface area contributed by atoms with Gasteiger partial charge in [-0.05, 0) is 54.4 Å². The van der Waals surface area contributed by atoms with Gasteiger partial charge in [0.25, 0.3) is 0 Å². The number of amides is 2. The van der Waals surface area contributed by atoms with Gasteiger partial charge in [-0.3, -0.25) is 9.59 Å². The second kappa shape index (κ2) is 10.1. The Balaban J connectivity index is 1.38. The third-order valence-corrected chi connectivity index (χ3v) is 7.44. The first-order chi connectivity index (χ1) is 16.7. The van der Waals surface area contributed by atoms with Gasteiger partial charge in [0.2, 0.25) is 5.91 Å². The van der Waals surface area contributed by atoms with Gasteiger partial charge >= 0.3 is 12.1 Å². The number of carboxylic acids is 1. The van der Waals surface area contributed by atoms with Crippen LogP contribution in [0.1, 0.15) is 63.5 Å². The van der Waals surface area contributed by atoms with Crippen LogP contribution in [0.5, 0.6) is 0 Å². The first-order valence-corrected chi connectivity index (χ1v) is 12.4. The Morgan fingerprint density at radius 1 is 1.00 bits per heavy atom. The highest BCUT2D eigenvalue weighted by molar-refractivity contribution is 5.82. The molecule has 1 fully saturated rings. The molecule has 1 saturated carbocycles. The predicted octanol–water partition coefficient (Wildman–Crippen LogP) is 4.70. The van der Waals surface area contributed by atoms with Crippen LogP contribution in [-0.2, 0) is 14.3 Å². The average molecular weight is 479 g/mol. The van der Waals surface area contributed by atoms with Gasteiger partial charge in [-0.25, -0.2) is 4.79 Å². The number of hydrogen-bond donors (Lipinski definition) is 3. The number of ether oxygens (including phenoxy) is 1. The van der Waals surface area contributed by atoms with Crippen molar-refractivity contribution < 1.29 is 24.2 Å². The van der Waals surface area contributed by atoms with E-state index in [4.69, 9.17) is 4.74 Å². The Morgan fingerprint density at radius 2 is 1.57 bits per heavy atom. The standard InChI is InChI=1S/C28H34N2O5/c1-17(2)25(26(33)30-28(13-8-14-28)15-24(31)32)18(3)29-27(34)35-16-23-21-11-6-4-9-19(21)20-10-5-7-12-22(20)23/h4-7,9-12,17-18,23,25H,8,13-16H2,1-3H3,(H,29,34)(H,30,33)(H,31,32). The van der Waals surface area contributed by atoms with Crippen LogP contribution in [0, 0.1) is 11.8 Å². The number of nitrogens with one attached hydrogen (secondary N) is 2. The van der Waals surface area contributed by atoms with Gasteiger partial charge in [0.15, 0.2) is 0 Å². The number of hydrogen-bond acceptors (Lipinski definition) is 4. The molecular formula is C28H34N2O5. The molecule has 186 valence electrons. The number of rotatable bonds is 9. The zero-order valence-corrected chi connectivity index (χ0v) is 20.5. The second-order valence-corrected chi connectivity index (χ2v) is 10.2. The van der Waals surface area contributed by atoms with E-state index in [1.165, 1.54) is 0 Å². The number of benzene rings is 2. The van der Waals surface area contributed by atoms with Crippen molar-refractivity contribution in [2.45, 2.75) is 64.0 Å². The van der Waals surface area contributed by atoms with Crippen LogP contribution in [-0.4, -0.2) is 41.3 Å². The lowest BCUT2D eigenvalue weighted by Crippen LogP contribution is -2.58. The molecule has 2 aliphatic carbocycles. The minimum absolute atomic E-state index is 0.0397. The number of aliphatic carboxylic acids is 1. The smallest absolute Gasteiger partial charge is 0.407 e. The maximum absolute atomic E-state index is 13.1. The van der Waals surface area contributed by atoms with Crippen LogP contribution in [0.2, 0.25) is 0 Å². The maximum Gasteiger partial charge on any atom is 0.407 e. The van der Waals surface area contributed by atoms with Gasteiger partial charge < -0.3 is 20.5 Å². The SMILES string of the molecule is CC(C)C(C(=O)NC1(CC(=O)O)CCC1)C(C)NC(=O)OCC1c2ccccc2-c2ccccc21. The van der Waals surface area contributed by atoms with Crippen LogP contribution in [0.4, 0.5) is 4.79 Å². The Morgan fingerprint density at radius 3 is 2.06 bits per heavy atom. The predicted molar refractivity (Wildman–Crippen MR) is 133 cm³/mol. The Kier molecular flexibility index (Phi) is 7.15. The van der Waals surface area contributed by atoms with Crippen molar-refractivity contribution in [1.82, 2.24) is 10.6 Å². The minimum Gasteiger partial charge on any atom is -0.481 e. The monoisotopic (exact) mass is 478 g/mol. The van der Waals surface area contributed by atoms with Crippen LogP contribution >= 0.6 is 0 Å². The van der Waals surface area contributed by atoms with E-state index < -0.39 is 29.6 Å². The first kappa shape index (κ1) is 24.8. The van der Waals surface area contributed by atoms with Crippen LogP contribution in [0.25, 0.3) is 11.1 Å². The zero-order valence-electron chi connectivity index (χ0n) is 20.5. The van der Waals surface area contributed by atoms with Gasteiger partial charge in [-0.15, -0.1) is 0 Å². The van der Waals surface area contributed by atoms with Gasteiger partial charge in [0.1, 0.15) is 6.61 Å². The number of carboxylic acid groups (broad SMARTS) is 1. The molecule has 35 heavy (non-hydrogen) atoms. The third-order valence-electron chi connectivity index (χ3n) is 7.44. The number of fused-ring (bicyclic) bond motifs is 3. The third kappa shape index (κ3) is 5.19. The molecule has 0 saturated heterocycles. The molecule has 2 atom stereocenters. The van der Waals surface area contributed by atoms with Crippen LogP contribution < -0.4 is 10.6 Å². The Bertz CT molecular complexity index is 1060. The molecule has 0 spiro atoms. The van der Waals surface area contributed by atoms with Crippen LogP contribution in [0.3, 0.4) is 0 Å². The molecular weight excluding hydrogens is 444 g/mol. The fraction of sp³-hybridized carbons (Fsp3) is 0.464. The molecule has 2 unspecified atom stereocenters. The van der Waals surface area contributed by atoms with Crippen molar-refractivity contribution in [3.05, 3.63) is 59.7 Å². The lowest BCUT2D eigenvalue weighted by molar-refractivity contribution is -0.141. The van der Waals surface area contributed by atoms with Crippen molar-refractivity contribution in [3.63, 3.8) is 0 Å². The summed E-state index contributed by atoms with van der Waals surface area (Å²) >= 11 is 0. The molecule has 2 aliphatic rings. The van der Waals surface area contributed by atoms with E-state index in [2.05, 4.69) is 34.9 Å². The van der Waals surface area contributed by atoms with Crippen molar-refractivity contribution in [3.8, 4) is 11.1 Å². The molecule has 0 radical (unpaired) electrons. The summed E-state index contributed by atoms with van der Waals surface area (Å²) in [5, 5.41) is 15.1. The molecule has 2 aromatic rings. The molecule has 7 heteroatoms. The topological polar surface area (TPSA) is 105 Å². The van der Waals surface area contributed by atoms with Gasteiger partial charge in [0, 0.05) is 12.0 Å². The maximum atomic E-state index is 13.1. The van der Waals surface area contributed by atoms with Gasteiger partial charge in [0.05, 0.1) is 17.9 Å². The Labute approximate surface area is 206 Å². The lowest BCUT2D eigenvalue weighted by Gasteiger charge is -2.43. The molecule has 0 bridgehead atoms. The quantitative estimate of drug-likeness (QED) is 0.485. The average Bonchev–Trinajstić information content (AvgIpc) is 3.09. The molecule has 0 aromatic heterocycles. The van der Waals surface area contributed by atoms with Crippen molar-refractivity contribution >= 4 is 18.0 Å². The number of alkyl carbamates (subject to hydrolysis) is 1. The van der Waals surface area contributed by atoms with Crippen LogP contribution in [0.15, 0.2) is 48.5 Å². The molecule has 0 aliphatic heterocycles. The summed E-state index contributed by atoms with van der Waals surface area (Å²) in [4.78, 5) is 37.2. The molecule has 3 N–H and O–H groups in total. The summed E-state index contributed by atoms with van der Waals surface area (Å²) in [6.07, 6.45) is 1.56. The van der Waals surface area contributed by atoms with E-state index in [0.717, 1.165) is 28.7 Å². The molecule has 2 amide bonds. The zero-order chi connectivity index (χ0) is 25.2. The fourth-order valence-electron chi connectivity index (χ4n) is 5.61. The first-order valence-electron chi connectivity index (χ1n) is 12.4. The number of carbonyl (C=O) groups excluding carboxylic acids is 2. The van der Waals surface area contributed by atoms with Crippen molar-refractivity contribution in [1.29, 1.82) is 0 Å². The lowest BCUT2D eigenvalue weighted by atomic mass is 9.73. The highest BCUT2D eigenvalue weighted by Gasteiger charge is 2.43. The van der Waals surface area contributed by atoms with Crippen molar-refractivity contribution in [2.75, 3.05) is 6.61 Å². The molecule has 0 heterocycles. The summed E-state index contributed by atoms with van der Waals surface area (Å²) in [5.74, 6) is -1.76. The summed E-state index contributed by atoms with van der Waals surface area (Å²) < 4.78 is 5.65. The summed E-state index contributed by atoms with van der Waals surface area (Å²) in [6.45, 7) is 5.83. The van der Waals surface area contributed by atoms with Gasteiger partial charge in [-0.1, -0.05) is 62.4 Å². The van der Waals surface area contributed by atoms with Crippen molar-refractivity contribution in [2.24, 2.45) is 11.8 Å². The van der Waals surface area contributed by atoms with E-state index in [9.17, 15) is 19.5 Å². The largest absolute Gasteiger partial charge is 0.481 e. The van der Waals surface area contributed by atoms with E-state index in [0.29, 0.717) is 12.8 Å². The van der Waals surface area contributed by atoms with E-state index >= 15 is 0 Å². The number of carbonyl (C=O) groups is 3. The van der Waals surface area contributed by atoms with E-state index in [-0.39, 0.29) is 30.8 Å². The molecule has 2 aromatic carbocycles. The van der Waals surface area contributed by atoms with Gasteiger partial charge in [-0.2, -0.15) is 0 Å². The second-order valence-electron chi connectivity index (χ2n) is 10.2. The van der Waals surface area contributed by atoms with E-state index in [1.807, 2.05) is 38.1 Å². The molecule has 7 nitrogen and oxygen atoms in total. The molecule has 4 rings (SSSR count). The highest BCUT2D eigenvalue weighted by Crippen LogP contribution is 2.44. The Hall–Kier alpha value is -3.35. The normalized spacial score (nSPS) is 17.5.